The van der Waals surface area contributed by atoms with Crippen molar-refractivity contribution in [3.63, 3.8) is 0 Å². The summed E-state index contributed by atoms with van der Waals surface area (Å²) in [4.78, 5) is 8.83. The van der Waals surface area contributed by atoms with Crippen LogP contribution in [0.1, 0.15) is 29.9 Å². The minimum absolute atomic E-state index is 0.0310. The quantitative estimate of drug-likeness (QED) is 0.399. The van der Waals surface area contributed by atoms with Crippen LogP contribution in [0.2, 0.25) is 0 Å². The molecule has 0 saturated carbocycles. The Morgan fingerprint density at radius 1 is 1.18 bits per heavy atom. The average molecular weight is 573 g/mol. The van der Waals surface area contributed by atoms with Gasteiger partial charge in [0.05, 0.1) is 37.1 Å². The van der Waals surface area contributed by atoms with Crippen molar-refractivity contribution in [2.45, 2.75) is 32.2 Å². The van der Waals surface area contributed by atoms with E-state index in [0.717, 1.165) is 18.4 Å². The molecule has 1 N–H and O–H groups in total. The number of aromatic nitrogens is 2. The largest absolute Gasteiger partial charge is 0.493 e. The molecule has 14 heteroatoms. The van der Waals surface area contributed by atoms with Crippen LogP contribution < -0.4 is 14.8 Å². The van der Waals surface area contributed by atoms with E-state index in [-0.39, 0.29) is 31.9 Å². The molecule has 0 unspecified atom stereocenters. The second kappa shape index (κ2) is 11.1. The van der Waals surface area contributed by atoms with Crippen LogP contribution in [0.25, 0.3) is 10.9 Å². The molecule has 4 rings (SSSR count). The van der Waals surface area contributed by atoms with E-state index in [2.05, 4.69) is 15.3 Å². The number of methoxy groups -OCH3 is 1. The topological polar surface area (TPSA) is 103 Å². The van der Waals surface area contributed by atoms with Gasteiger partial charge in [0.2, 0.25) is 10.0 Å². The van der Waals surface area contributed by atoms with Gasteiger partial charge in [0.1, 0.15) is 30.2 Å². The summed E-state index contributed by atoms with van der Waals surface area (Å²) in [6.07, 6.45) is -4.08. The minimum Gasteiger partial charge on any atom is -0.493 e. The third-order valence-electron chi connectivity index (χ3n) is 6.19. The number of alkyl halides is 3. The molecule has 0 bridgehead atoms. The van der Waals surface area contributed by atoms with Crippen LogP contribution in [0.4, 0.5) is 23.4 Å². The summed E-state index contributed by atoms with van der Waals surface area (Å²) in [5, 5.41) is 3.55. The first kappa shape index (κ1) is 28.8. The number of nitrogens with one attached hydrogen (secondary N) is 1. The SMILES string of the molecule is COc1cc2nc(C)nc(N[C@H](C)c3cc(F)cc(C(F)(F)F)c3)c2cc1OC[C@H]1CN(S(C)(=O)=O)CCO1. The van der Waals surface area contributed by atoms with Gasteiger partial charge in [-0.05, 0) is 43.7 Å². The second-order valence-electron chi connectivity index (χ2n) is 9.20. The predicted octanol–water partition coefficient (Wildman–Crippen LogP) is 4.32. The van der Waals surface area contributed by atoms with Gasteiger partial charge in [-0.2, -0.15) is 17.5 Å². The fourth-order valence-corrected chi connectivity index (χ4v) is 5.07. The van der Waals surface area contributed by atoms with E-state index in [1.807, 2.05) is 0 Å². The average Bonchev–Trinajstić information content (AvgIpc) is 2.85. The smallest absolute Gasteiger partial charge is 0.416 e. The van der Waals surface area contributed by atoms with E-state index >= 15 is 0 Å². The van der Waals surface area contributed by atoms with E-state index in [1.54, 1.807) is 26.0 Å². The number of ether oxygens (including phenoxy) is 3. The molecule has 3 aromatic rings. The molecule has 9 nitrogen and oxygen atoms in total. The fourth-order valence-electron chi connectivity index (χ4n) is 4.23. The Balaban J connectivity index is 1.62. The summed E-state index contributed by atoms with van der Waals surface area (Å²) in [5.74, 6) is 0.345. The molecule has 1 aliphatic heterocycles. The molecule has 0 radical (unpaired) electrons. The highest BCUT2D eigenvalue weighted by Gasteiger charge is 2.32. The van der Waals surface area contributed by atoms with E-state index < -0.39 is 39.7 Å². The third-order valence-corrected chi connectivity index (χ3v) is 7.46. The highest BCUT2D eigenvalue weighted by atomic mass is 32.2. The first-order valence-electron chi connectivity index (χ1n) is 11.9. The number of fused-ring (bicyclic) bond motifs is 1. The molecule has 0 aliphatic carbocycles. The van der Waals surface area contributed by atoms with Gasteiger partial charge in [-0.15, -0.1) is 0 Å². The first-order chi connectivity index (χ1) is 18.2. The van der Waals surface area contributed by atoms with Crippen molar-refractivity contribution >= 4 is 26.7 Å². The van der Waals surface area contributed by atoms with Gasteiger partial charge in [-0.3, -0.25) is 0 Å². The number of aryl methyl sites for hydroxylation is 1. The maximum absolute atomic E-state index is 14.0. The minimum atomic E-state index is -4.70. The summed E-state index contributed by atoms with van der Waals surface area (Å²) in [6.45, 7) is 3.90. The van der Waals surface area contributed by atoms with Crippen molar-refractivity contribution in [3.8, 4) is 11.5 Å². The molecular weight excluding hydrogens is 544 g/mol. The molecule has 1 fully saturated rings. The summed E-state index contributed by atoms with van der Waals surface area (Å²) in [5.41, 5.74) is -0.523. The highest BCUT2D eigenvalue weighted by Crippen LogP contribution is 2.36. The molecule has 2 aromatic carbocycles. The predicted molar refractivity (Wildman–Crippen MR) is 136 cm³/mol. The van der Waals surface area contributed by atoms with Crippen LogP contribution in [-0.4, -0.2) is 68.5 Å². The zero-order valence-corrected chi connectivity index (χ0v) is 22.5. The van der Waals surface area contributed by atoms with Crippen LogP contribution in [0.15, 0.2) is 30.3 Å². The number of benzene rings is 2. The lowest BCUT2D eigenvalue weighted by Gasteiger charge is -2.31. The van der Waals surface area contributed by atoms with Gasteiger partial charge in [0, 0.05) is 24.5 Å². The van der Waals surface area contributed by atoms with E-state index in [4.69, 9.17) is 14.2 Å². The lowest BCUT2D eigenvalue weighted by molar-refractivity contribution is -0.137. The first-order valence-corrected chi connectivity index (χ1v) is 13.8. The number of rotatable bonds is 8. The van der Waals surface area contributed by atoms with Gasteiger partial charge >= 0.3 is 6.18 Å². The molecule has 1 aliphatic rings. The van der Waals surface area contributed by atoms with Gasteiger partial charge in [0.15, 0.2) is 11.5 Å². The summed E-state index contributed by atoms with van der Waals surface area (Å²) in [7, 11) is -1.93. The standard InChI is InChI=1S/C25H28F4N4O5S/c1-14(16-7-17(25(27,28)29)9-18(26)8-16)30-24-20-10-23(22(36-3)11-21(20)31-15(2)32-24)38-13-19-12-33(5-6-37-19)39(4,34)35/h7-11,14,19H,5-6,12-13H2,1-4H3,(H,30,31,32)/t14-,19-/m1/s1. The molecule has 0 amide bonds. The van der Waals surface area contributed by atoms with Crippen molar-refractivity contribution in [2.24, 2.45) is 0 Å². The highest BCUT2D eigenvalue weighted by molar-refractivity contribution is 7.88. The fraction of sp³-hybridized carbons (Fsp3) is 0.440. The Morgan fingerprint density at radius 3 is 2.59 bits per heavy atom. The van der Waals surface area contributed by atoms with Crippen molar-refractivity contribution in [1.82, 2.24) is 14.3 Å². The van der Waals surface area contributed by atoms with Crippen LogP contribution >= 0.6 is 0 Å². The lowest BCUT2D eigenvalue weighted by Crippen LogP contribution is -2.47. The summed E-state index contributed by atoms with van der Waals surface area (Å²) in [6, 6.07) is 4.87. The Morgan fingerprint density at radius 2 is 1.92 bits per heavy atom. The Hall–Kier alpha value is -3.23. The molecule has 212 valence electrons. The number of hydrogen-bond acceptors (Lipinski definition) is 8. The summed E-state index contributed by atoms with van der Waals surface area (Å²) < 4.78 is 95.9. The maximum atomic E-state index is 14.0. The van der Waals surface area contributed by atoms with Gasteiger partial charge in [-0.25, -0.2) is 22.8 Å². The zero-order valence-electron chi connectivity index (χ0n) is 21.7. The number of nitrogens with zero attached hydrogens (tertiary/aromatic N) is 3. The zero-order chi connectivity index (χ0) is 28.5. The van der Waals surface area contributed by atoms with Crippen LogP contribution in [-0.2, 0) is 20.9 Å². The van der Waals surface area contributed by atoms with Crippen LogP contribution in [0.5, 0.6) is 11.5 Å². The van der Waals surface area contributed by atoms with Gasteiger partial charge < -0.3 is 19.5 Å². The Bertz CT molecular complexity index is 1470. The maximum Gasteiger partial charge on any atom is 0.416 e. The number of anilines is 1. The van der Waals surface area contributed by atoms with Crippen LogP contribution in [0, 0.1) is 12.7 Å². The Labute approximate surface area is 223 Å². The summed E-state index contributed by atoms with van der Waals surface area (Å²) >= 11 is 0. The van der Waals surface area contributed by atoms with Crippen molar-refractivity contribution in [2.75, 3.05) is 45.0 Å². The number of sulfonamides is 1. The van der Waals surface area contributed by atoms with Crippen molar-refractivity contribution < 1.29 is 40.2 Å². The number of morpholine rings is 1. The van der Waals surface area contributed by atoms with E-state index in [1.165, 1.54) is 11.4 Å². The molecule has 2 heterocycles. The van der Waals surface area contributed by atoms with Crippen molar-refractivity contribution in [3.05, 3.63) is 53.1 Å². The van der Waals surface area contributed by atoms with Gasteiger partial charge in [-0.1, -0.05) is 0 Å². The number of halogens is 4. The molecule has 1 aromatic heterocycles. The van der Waals surface area contributed by atoms with Crippen molar-refractivity contribution in [1.29, 1.82) is 0 Å². The lowest BCUT2D eigenvalue weighted by atomic mass is 10.0. The molecule has 2 atom stereocenters. The Kier molecular flexibility index (Phi) is 8.19. The molecule has 39 heavy (non-hydrogen) atoms. The van der Waals surface area contributed by atoms with Crippen LogP contribution in [0.3, 0.4) is 0 Å². The van der Waals surface area contributed by atoms with E-state index in [0.29, 0.717) is 40.1 Å². The normalized spacial score (nSPS) is 17.7. The monoisotopic (exact) mass is 572 g/mol. The molecule has 1 saturated heterocycles. The van der Waals surface area contributed by atoms with Gasteiger partial charge in [0.25, 0.3) is 0 Å². The van der Waals surface area contributed by atoms with E-state index in [9.17, 15) is 26.0 Å². The molecular formula is C25H28F4N4O5S. The molecule has 0 spiro atoms. The number of hydrogen-bond donors (Lipinski definition) is 1. The third kappa shape index (κ3) is 6.86. The second-order valence-corrected chi connectivity index (χ2v) is 11.2.